The fourth-order valence-electron chi connectivity index (χ4n) is 4.89. The van der Waals surface area contributed by atoms with Gasteiger partial charge >= 0.3 is 0 Å². The van der Waals surface area contributed by atoms with Crippen LogP contribution in [0.2, 0.25) is 5.02 Å². The number of benzene rings is 1. The number of likely N-dealkylation sites (tertiary alicyclic amines) is 1. The highest BCUT2D eigenvalue weighted by Gasteiger charge is 2.32. The second-order valence-corrected chi connectivity index (χ2v) is 9.78. The number of piperidine rings is 1. The Morgan fingerprint density at radius 1 is 1.11 bits per heavy atom. The molecule has 0 saturated carbocycles. The maximum Gasteiger partial charge on any atom is 0.268 e. The van der Waals surface area contributed by atoms with Crippen molar-refractivity contribution in [2.75, 3.05) is 46.3 Å². The number of amides is 3. The minimum Gasteiger partial charge on any atom is -0.370 e. The van der Waals surface area contributed by atoms with Gasteiger partial charge in [-0.15, -0.1) is 12.4 Å². The predicted molar refractivity (Wildman–Crippen MR) is 139 cm³/mol. The molecule has 1 atom stereocenters. The van der Waals surface area contributed by atoms with Crippen molar-refractivity contribution in [1.82, 2.24) is 25.0 Å². The second kappa shape index (κ2) is 12.1. The van der Waals surface area contributed by atoms with Crippen LogP contribution < -0.4 is 11.1 Å². The lowest BCUT2D eigenvalue weighted by atomic mass is 10.0. The zero-order chi connectivity index (χ0) is 24.2. The Morgan fingerprint density at radius 3 is 2.46 bits per heavy atom. The van der Waals surface area contributed by atoms with Crippen LogP contribution in [0, 0.1) is 0 Å². The van der Waals surface area contributed by atoms with Crippen molar-refractivity contribution in [2.45, 2.75) is 37.8 Å². The molecule has 2 aliphatic rings. The van der Waals surface area contributed by atoms with E-state index in [-0.39, 0.29) is 31.2 Å². The van der Waals surface area contributed by atoms with Crippen molar-refractivity contribution in [2.24, 2.45) is 5.73 Å². The average molecular weight is 525 g/mol. The third kappa shape index (κ3) is 6.88. The van der Waals surface area contributed by atoms with Crippen LogP contribution in [-0.2, 0) is 9.59 Å². The smallest absolute Gasteiger partial charge is 0.268 e. The standard InChI is InChI=1S/C24H33ClN6O3.ClH/c1-29-8-6-18(7-9-29)30-10-12-31(13-11-30)24(34)20(4-5-22(26)32)28-23(33)21-15-16-14-17(25)2-3-19(16)27-21;/h2-3,14-15,18,20,27H,4-13H2,1H3,(H2,26,32)(H,28,33);1H/t20-;/m1./s1. The third-order valence-electron chi connectivity index (χ3n) is 6.94. The van der Waals surface area contributed by atoms with Crippen LogP contribution in [0.25, 0.3) is 10.9 Å². The monoisotopic (exact) mass is 524 g/mol. The van der Waals surface area contributed by atoms with Gasteiger partial charge < -0.3 is 25.8 Å². The molecule has 4 rings (SSSR count). The number of carbonyl (C=O) groups excluding carboxylic acids is 3. The summed E-state index contributed by atoms with van der Waals surface area (Å²) < 4.78 is 0. The summed E-state index contributed by atoms with van der Waals surface area (Å²) in [6, 6.07) is 6.76. The quantitative estimate of drug-likeness (QED) is 0.511. The van der Waals surface area contributed by atoms with Crippen molar-refractivity contribution in [3.63, 3.8) is 0 Å². The van der Waals surface area contributed by atoms with Crippen LogP contribution in [0.3, 0.4) is 0 Å². The fourth-order valence-corrected chi connectivity index (χ4v) is 5.07. The highest BCUT2D eigenvalue weighted by Crippen LogP contribution is 2.21. The highest BCUT2D eigenvalue weighted by molar-refractivity contribution is 6.31. The van der Waals surface area contributed by atoms with Gasteiger partial charge in [-0.2, -0.15) is 0 Å². The summed E-state index contributed by atoms with van der Waals surface area (Å²) in [5.41, 5.74) is 6.44. The minimum atomic E-state index is -0.815. The highest BCUT2D eigenvalue weighted by atomic mass is 35.5. The molecule has 9 nitrogen and oxygen atoms in total. The molecule has 0 aliphatic carbocycles. The molecule has 0 unspecified atom stereocenters. The number of nitrogens with zero attached hydrogens (tertiary/aromatic N) is 3. The summed E-state index contributed by atoms with van der Waals surface area (Å²) in [6.45, 7) is 5.06. The zero-order valence-electron chi connectivity index (χ0n) is 20.0. The summed E-state index contributed by atoms with van der Waals surface area (Å²) in [7, 11) is 2.15. The van der Waals surface area contributed by atoms with Crippen LogP contribution >= 0.6 is 24.0 Å². The molecule has 2 aromatic rings. The number of H-pyrrole nitrogens is 1. The summed E-state index contributed by atoms with van der Waals surface area (Å²) in [6.07, 6.45) is 2.49. The SMILES string of the molecule is CN1CCC(N2CCN(C(=O)[C@@H](CCC(N)=O)NC(=O)c3cc4cc(Cl)ccc4[nH]3)CC2)CC1.Cl. The molecule has 3 amide bonds. The average Bonchev–Trinajstić information content (AvgIpc) is 3.25. The van der Waals surface area contributed by atoms with E-state index < -0.39 is 17.9 Å². The topological polar surface area (TPSA) is 115 Å². The molecule has 2 aliphatic heterocycles. The maximum absolute atomic E-state index is 13.3. The number of carbonyl (C=O) groups is 3. The van der Waals surface area contributed by atoms with E-state index in [0.29, 0.717) is 29.8 Å². The molecule has 1 aromatic carbocycles. The molecule has 0 bridgehead atoms. The molecule has 11 heteroatoms. The number of aromatic nitrogens is 1. The van der Waals surface area contributed by atoms with Crippen LogP contribution in [0.15, 0.2) is 24.3 Å². The third-order valence-corrected chi connectivity index (χ3v) is 7.18. The van der Waals surface area contributed by atoms with E-state index in [1.165, 1.54) is 0 Å². The summed E-state index contributed by atoms with van der Waals surface area (Å²) in [4.78, 5) is 47.4. The van der Waals surface area contributed by atoms with Gasteiger partial charge in [-0.3, -0.25) is 19.3 Å². The Hall–Kier alpha value is -2.33. The number of hydrogen-bond acceptors (Lipinski definition) is 5. The zero-order valence-corrected chi connectivity index (χ0v) is 21.5. The molecule has 1 aromatic heterocycles. The number of fused-ring (bicyclic) bond motifs is 1. The largest absolute Gasteiger partial charge is 0.370 e. The number of rotatable bonds is 7. The first-order valence-corrected chi connectivity index (χ1v) is 12.3. The number of nitrogens with two attached hydrogens (primary N) is 1. The second-order valence-electron chi connectivity index (χ2n) is 9.34. The first kappa shape index (κ1) is 27.3. The Bertz CT molecular complexity index is 1050. The molecule has 35 heavy (non-hydrogen) atoms. The molecule has 3 heterocycles. The van der Waals surface area contributed by atoms with E-state index in [2.05, 4.69) is 27.1 Å². The normalized spacial score (nSPS) is 18.7. The number of nitrogens with one attached hydrogen (secondary N) is 2. The summed E-state index contributed by atoms with van der Waals surface area (Å²) in [5, 5.41) is 4.20. The molecule has 2 fully saturated rings. The van der Waals surface area contributed by atoms with Crippen molar-refractivity contribution in [3.8, 4) is 0 Å². The number of halogens is 2. The van der Waals surface area contributed by atoms with Crippen molar-refractivity contribution >= 4 is 52.6 Å². The Kier molecular flexibility index (Phi) is 9.40. The van der Waals surface area contributed by atoms with Crippen LogP contribution in [0.5, 0.6) is 0 Å². The first-order chi connectivity index (χ1) is 16.3. The van der Waals surface area contributed by atoms with E-state index in [9.17, 15) is 14.4 Å². The molecular weight excluding hydrogens is 491 g/mol. The molecule has 0 spiro atoms. The van der Waals surface area contributed by atoms with Gasteiger partial charge in [-0.25, -0.2) is 0 Å². The lowest BCUT2D eigenvalue weighted by molar-refractivity contribution is -0.135. The van der Waals surface area contributed by atoms with E-state index in [1.54, 1.807) is 29.2 Å². The molecule has 4 N–H and O–H groups in total. The lowest BCUT2D eigenvalue weighted by Crippen LogP contribution is -2.57. The van der Waals surface area contributed by atoms with Gasteiger partial charge in [-0.05, 0) is 63.7 Å². The van der Waals surface area contributed by atoms with Gasteiger partial charge in [0.15, 0.2) is 0 Å². The van der Waals surface area contributed by atoms with Gasteiger partial charge in [0.25, 0.3) is 5.91 Å². The first-order valence-electron chi connectivity index (χ1n) is 11.9. The van der Waals surface area contributed by atoms with Crippen molar-refractivity contribution < 1.29 is 14.4 Å². The lowest BCUT2D eigenvalue weighted by Gasteiger charge is -2.42. The van der Waals surface area contributed by atoms with Crippen LogP contribution in [-0.4, -0.2) is 95.8 Å². The minimum absolute atomic E-state index is 0. The molecular formula is C24H34Cl2N6O3. The number of hydrogen-bond donors (Lipinski definition) is 3. The Balaban J connectivity index is 0.00000342. The fraction of sp³-hybridized carbons (Fsp3) is 0.542. The van der Waals surface area contributed by atoms with E-state index >= 15 is 0 Å². The van der Waals surface area contributed by atoms with Gasteiger partial charge in [0.05, 0.1) is 0 Å². The van der Waals surface area contributed by atoms with Gasteiger partial charge in [-0.1, -0.05) is 11.6 Å². The number of primary amides is 1. The number of piperazine rings is 1. The Labute approximate surface area is 216 Å². The van der Waals surface area contributed by atoms with Crippen molar-refractivity contribution in [3.05, 3.63) is 35.0 Å². The molecule has 2 saturated heterocycles. The van der Waals surface area contributed by atoms with E-state index in [1.807, 2.05) is 0 Å². The van der Waals surface area contributed by atoms with Crippen molar-refractivity contribution in [1.29, 1.82) is 0 Å². The molecule has 0 radical (unpaired) electrons. The Morgan fingerprint density at radius 2 is 1.80 bits per heavy atom. The van der Waals surface area contributed by atoms with Gasteiger partial charge in [0, 0.05) is 54.6 Å². The van der Waals surface area contributed by atoms with Crippen LogP contribution in [0.1, 0.15) is 36.2 Å². The van der Waals surface area contributed by atoms with E-state index in [4.69, 9.17) is 17.3 Å². The van der Waals surface area contributed by atoms with E-state index in [0.717, 1.165) is 49.9 Å². The van der Waals surface area contributed by atoms with Gasteiger partial charge in [0.2, 0.25) is 11.8 Å². The maximum atomic E-state index is 13.3. The summed E-state index contributed by atoms with van der Waals surface area (Å²) in [5.74, 6) is -1.07. The van der Waals surface area contributed by atoms with Gasteiger partial charge in [0.1, 0.15) is 11.7 Å². The summed E-state index contributed by atoms with van der Waals surface area (Å²) >= 11 is 6.04. The molecule has 192 valence electrons. The van der Waals surface area contributed by atoms with Crippen LogP contribution in [0.4, 0.5) is 0 Å². The number of aromatic amines is 1. The predicted octanol–water partition coefficient (Wildman–Crippen LogP) is 1.85.